The number of unbranched alkanes of at least 4 members (excludes halogenated alkanes) is 11. The molecule has 0 bridgehead atoms. The van der Waals surface area contributed by atoms with Crippen LogP contribution in [0.5, 0.6) is 11.5 Å². The summed E-state index contributed by atoms with van der Waals surface area (Å²) >= 11 is 0. The predicted octanol–water partition coefficient (Wildman–Crippen LogP) is 6.50. The van der Waals surface area contributed by atoms with Gasteiger partial charge in [-0.2, -0.15) is 0 Å². The average Bonchev–Trinajstić information content (AvgIpc) is 2.78. The van der Waals surface area contributed by atoms with Crippen molar-refractivity contribution < 1.29 is 29.3 Å². The number of hydrogen-bond donors (Lipinski definition) is 2. The number of carboxylic acid groups (broad SMARTS) is 1. The zero-order chi connectivity index (χ0) is 23.6. The van der Waals surface area contributed by atoms with Crippen LogP contribution in [0, 0.1) is 0 Å². The number of aliphatic carboxylic acids is 1. The first-order valence-corrected chi connectivity index (χ1v) is 12.0. The van der Waals surface area contributed by atoms with Crippen LogP contribution in [0.25, 0.3) is 6.08 Å². The van der Waals surface area contributed by atoms with Crippen molar-refractivity contribution in [3.05, 3.63) is 29.8 Å². The minimum atomic E-state index is -1.13. The summed E-state index contributed by atoms with van der Waals surface area (Å²) in [6, 6.07) is 4.64. The van der Waals surface area contributed by atoms with Crippen molar-refractivity contribution in [2.24, 2.45) is 0 Å². The summed E-state index contributed by atoms with van der Waals surface area (Å²) in [6.45, 7) is 2.23. The third kappa shape index (κ3) is 12.4. The van der Waals surface area contributed by atoms with Crippen molar-refractivity contribution in [3.63, 3.8) is 0 Å². The van der Waals surface area contributed by atoms with Crippen LogP contribution in [0.4, 0.5) is 0 Å². The van der Waals surface area contributed by atoms with Gasteiger partial charge in [0.2, 0.25) is 0 Å². The molecule has 6 heteroatoms. The van der Waals surface area contributed by atoms with E-state index in [1.54, 1.807) is 12.1 Å². The molecule has 2 N–H and O–H groups in total. The molecule has 6 nitrogen and oxygen atoms in total. The second-order valence-corrected chi connectivity index (χ2v) is 8.21. The normalized spacial score (nSPS) is 12.1. The smallest absolute Gasteiger partial charge is 0.345 e. The third-order valence-corrected chi connectivity index (χ3v) is 5.47. The van der Waals surface area contributed by atoms with Crippen molar-refractivity contribution in [1.82, 2.24) is 0 Å². The maximum atomic E-state index is 12.0. The van der Waals surface area contributed by atoms with Gasteiger partial charge in [0.1, 0.15) is 0 Å². The highest BCUT2D eigenvalue weighted by Crippen LogP contribution is 2.26. The van der Waals surface area contributed by atoms with Gasteiger partial charge < -0.3 is 19.7 Å². The Morgan fingerprint density at radius 1 is 0.938 bits per heavy atom. The van der Waals surface area contributed by atoms with Crippen molar-refractivity contribution in [1.29, 1.82) is 0 Å². The van der Waals surface area contributed by atoms with E-state index in [0.29, 0.717) is 12.0 Å². The summed E-state index contributed by atoms with van der Waals surface area (Å²) in [6.07, 6.45) is 16.3. The molecular formula is C26H40O6. The van der Waals surface area contributed by atoms with E-state index >= 15 is 0 Å². The summed E-state index contributed by atoms with van der Waals surface area (Å²) in [4.78, 5) is 23.4. The van der Waals surface area contributed by atoms with E-state index in [4.69, 9.17) is 9.47 Å². The number of benzene rings is 1. The van der Waals surface area contributed by atoms with Gasteiger partial charge in [-0.05, 0) is 36.6 Å². The molecule has 180 valence electrons. The Hall–Kier alpha value is -2.50. The summed E-state index contributed by atoms with van der Waals surface area (Å²) < 4.78 is 10.1. The minimum Gasteiger partial charge on any atom is -0.504 e. The Kier molecular flexibility index (Phi) is 14.7. The van der Waals surface area contributed by atoms with Gasteiger partial charge in [0, 0.05) is 6.08 Å². The van der Waals surface area contributed by atoms with Crippen LogP contribution < -0.4 is 4.74 Å². The van der Waals surface area contributed by atoms with Gasteiger partial charge in [0.15, 0.2) is 17.6 Å². The second-order valence-electron chi connectivity index (χ2n) is 8.21. The van der Waals surface area contributed by atoms with Crippen molar-refractivity contribution in [2.45, 2.75) is 96.5 Å². The van der Waals surface area contributed by atoms with Crippen LogP contribution in [0.15, 0.2) is 24.3 Å². The second kappa shape index (κ2) is 17.1. The van der Waals surface area contributed by atoms with Gasteiger partial charge in [0.25, 0.3) is 0 Å². The van der Waals surface area contributed by atoms with Gasteiger partial charge in [-0.25, -0.2) is 9.59 Å². The zero-order valence-corrected chi connectivity index (χ0v) is 19.7. The summed E-state index contributed by atoms with van der Waals surface area (Å²) in [5.74, 6) is -1.54. The fraction of sp³-hybridized carbons (Fsp3) is 0.615. The molecule has 1 atom stereocenters. The molecule has 0 saturated carbocycles. The van der Waals surface area contributed by atoms with E-state index in [2.05, 4.69) is 6.92 Å². The Morgan fingerprint density at radius 3 is 2.03 bits per heavy atom. The number of aromatic hydroxyl groups is 1. The maximum absolute atomic E-state index is 12.0. The van der Waals surface area contributed by atoms with Crippen molar-refractivity contribution in [2.75, 3.05) is 7.11 Å². The number of hydrogen-bond acceptors (Lipinski definition) is 5. The highest BCUT2D eigenvalue weighted by molar-refractivity contribution is 5.89. The first-order chi connectivity index (χ1) is 15.5. The maximum Gasteiger partial charge on any atom is 0.345 e. The standard InChI is InChI=1S/C26H40O6/c1-3-4-5-6-7-8-9-10-11-12-13-14-15-23(26(29)30)32-25(28)19-17-21-16-18-22(27)24(20-21)31-2/h16-20,23,27H,3-15H2,1-2H3,(H,29,30)/b19-17+. The molecule has 0 aliphatic carbocycles. The van der Waals surface area contributed by atoms with E-state index < -0.39 is 18.0 Å². The molecular weight excluding hydrogens is 408 g/mol. The number of ether oxygens (including phenoxy) is 2. The summed E-state index contributed by atoms with van der Waals surface area (Å²) in [7, 11) is 1.43. The Balaban J connectivity index is 2.23. The summed E-state index contributed by atoms with van der Waals surface area (Å²) in [5, 5.41) is 18.9. The zero-order valence-electron chi connectivity index (χ0n) is 19.7. The van der Waals surface area contributed by atoms with Gasteiger partial charge in [-0.3, -0.25) is 0 Å². The number of esters is 1. The molecule has 0 saturated heterocycles. The van der Waals surface area contributed by atoms with Crippen LogP contribution in [0.1, 0.15) is 96.0 Å². The highest BCUT2D eigenvalue weighted by Gasteiger charge is 2.20. The topological polar surface area (TPSA) is 93.1 Å². The quantitative estimate of drug-likeness (QED) is 0.151. The van der Waals surface area contributed by atoms with Crippen LogP contribution in [-0.4, -0.2) is 35.4 Å². The number of methoxy groups -OCH3 is 1. The first-order valence-electron chi connectivity index (χ1n) is 12.0. The lowest BCUT2D eigenvalue weighted by Gasteiger charge is -2.12. The molecule has 1 unspecified atom stereocenters. The first kappa shape index (κ1) is 27.5. The predicted molar refractivity (Wildman–Crippen MR) is 127 cm³/mol. The third-order valence-electron chi connectivity index (χ3n) is 5.47. The molecule has 0 aliphatic rings. The van der Waals surface area contributed by atoms with Crippen molar-refractivity contribution in [3.8, 4) is 11.5 Å². The molecule has 0 fully saturated rings. The average molecular weight is 449 g/mol. The Morgan fingerprint density at radius 2 is 1.50 bits per heavy atom. The van der Waals surface area contributed by atoms with Gasteiger partial charge in [-0.1, -0.05) is 83.6 Å². The van der Waals surface area contributed by atoms with Crippen molar-refractivity contribution >= 4 is 18.0 Å². The summed E-state index contributed by atoms with van der Waals surface area (Å²) in [5.41, 5.74) is 0.629. The van der Waals surface area contributed by atoms with Crippen LogP contribution >= 0.6 is 0 Å². The number of phenolic OH excluding ortho intramolecular Hbond substituents is 1. The minimum absolute atomic E-state index is 0.000534. The number of rotatable bonds is 18. The molecule has 0 spiro atoms. The molecule has 0 radical (unpaired) electrons. The van der Waals surface area contributed by atoms with Crippen LogP contribution in [-0.2, 0) is 14.3 Å². The Labute approximate surface area is 192 Å². The fourth-order valence-electron chi connectivity index (χ4n) is 3.55. The fourth-order valence-corrected chi connectivity index (χ4v) is 3.55. The molecule has 0 heterocycles. The van der Waals surface area contributed by atoms with Crippen LogP contribution in [0.3, 0.4) is 0 Å². The highest BCUT2D eigenvalue weighted by atomic mass is 16.6. The van der Waals surface area contributed by atoms with Gasteiger partial charge >= 0.3 is 11.9 Å². The van der Waals surface area contributed by atoms with Gasteiger partial charge in [-0.15, -0.1) is 0 Å². The SMILES string of the molecule is CCCCCCCCCCCCCCC(OC(=O)/C=C/c1ccc(O)c(OC)c1)C(=O)O. The van der Waals surface area contributed by atoms with E-state index in [1.807, 2.05) is 0 Å². The molecule has 0 amide bonds. The molecule has 1 aromatic rings. The number of carbonyl (C=O) groups is 2. The monoisotopic (exact) mass is 448 g/mol. The molecule has 0 aliphatic heterocycles. The molecule has 0 aromatic heterocycles. The molecule has 32 heavy (non-hydrogen) atoms. The Bertz CT molecular complexity index is 698. The van der Waals surface area contributed by atoms with Crippen LogP contribution in [0.2, 0.25) is 0 Å². The largest absolute Gasteiger partial charge is 0.504 e. The lowest BCUT2D eigenvalue weighted by atomic mass is 10.0. The van der Waals surface area contributed by atoms with Gasteiger partial charge in [0.05, 0.1) is 7.11 Å². The lowest BCUT2D eigenvalue weighted by Crippen LogP contribution is -2.26. The number of carboxylic acids is 1. The van der Waals surface area contributed by atoms with E-state index in [0.717, 1.165) is 19.3 Å². The number of carbonyl (C=O) groups excluding carboxylic acids is 1. The van der Waals surface area contributed by atoms with E-state index in [1.165, 1.54) is 83.1 Å². The molecule has 1 rings (SSSR count). The number of phenols is 1. The lowest BCUT2D eigenvalue weighted by molar-refractivity contribution is -0.161. The van der Waals surface area contributed by atoms with E-state index in [9.17, 15) is 19.8 Å². The molecule has 1 aromatic carbocycles. The van der Waals surface area contributed by atoms with E-state index in [-0.39, 0.29) is 11.5 Å².